The summed E-state index contributed by atoms with van der Waals surface area (Å²) in [6.45, 7) is 4.86. The fraction of sp³-hybridized carbons (Fsp3) is 0.593. The molecule has 0 N–H and O–H groups in total. The van der Waals surface area contributed by atoms with Crippen LogP contribution in [0.15, 0.2) is 53.8 Å². The van der Waals surface area contributed by atoms with Gasteiger partial charge in [0.05, 0.1) is 11.7 Å². The van der Waals surface area contributed by atoms with Gasteiger partial charge >= 0.3 is 5.97 Å². The summed E-state index contributed by atoms with van der Waals surface area (Å²) in [6, 6.07) is 9.37. The topological polar surface area (TPSA) is 35.5 Å². The molecule has 2 fully saturated rings. The van der Waals surface area contributed by atoms with E-state index in [2.05, 4.69) is 26.0 Å². The quantitative estimate of drug-likeness (QED) is 0.435. The van der Waals surface area contributed by atoms with E-state index in [-0.39, 0.29) is 11.4 Å². The molecule has 5 rings (SSSR count). The Morgan fingerprint density at radius 1 is 0.967 bits per heavy atom. The molecule has 3 unspecified atom stereocenters. The molecule has 6 atom stereocenters. The molecular weight excluding hydrogens is 372 g/mol. The zero-order valence-corrected chi connectivity index (χ0v) is 18.5. The van der Waals surface area contributed by atoms with E-state index < -0.39 is 0 Å². The first-order valence-corrected chi connectivity index (χ1v) is 11.7. The molecule has 0 saturated heterocycles. The molecule has 0 bridgehead atoms. The summed E-state index contributed by atoms with van der Waals surface area (Å²) in [5.74, 6) is 2.70. The fourth-order valence-corrected chi connectivity index (χ4v) is 7.25. The summed E-state index contributed by atoms with van der Waals surface area (Å²) >= 11 is 0. The summed E-state index contributed by atoms with van der Waals surface area (Å²) in [5.41, 5.74) is 2.58. The fourth-order valence-electron chi connectivity index (χ4n) is 7.25. The maximum absolute atomic E-state index is 12.7. The van der Waals surface area contributed by atoms with Gasteiger partial charge in [0, 0.05) is 12.5 Å². The molecule has 3 heteroatoms. The molecule has 0 radical (unpaired) electrons. The third-order valence-electron chi connectivity index (χ3n) is 9.11. The first-order valence-electron chi connectivity index (χ1n) is 11.7. The van der Waals surface area contributed by atoms with Gasteiger partial charge in [-0.15, -0.1) is 0 Å². The van der Waals surface area contributed by atoms with Crippen LogP contribution >= 0.6 is 0 Å². The van der Waals surface area contributed by atoms with Crippen LogP contribution in [-0.2, 0) is 9.47 Å². The van der Waals surface area contributed by atoms with Gasteiger partial charge in [0.2, 0.25) is 0 Å². The first kappa shape index (κ1) is 20.1. The SMILES string of the molecule is CO[C@H]1CC[C@@]2(C)C(=CCC3C2CC[C@]2(C)C(OC(=O)c4ccccc4)=CCC32)C1. The molecule has 1 aromatic carbocycles. The van der Waals surface area contributed by atoms with Gasteiger partial charge in [-0.05, 0) is 86.3 Å². The largest absolute Gasteiger partial charge is 0.427 e. The Morgan fingerprint density at radius 2 is 1.73 bits per heavy atom. The number of benzene rings is 1. The Balaban J connectivity index is 1.36. The van der Waals surface area contributed by atoms with Crippen molar-refractivity contribution >= 4 is 5.97 Å². The Hall–Kier alpha value is -1.87. The van der Waals surface area contributed by atoms with Gasteiger partial charge in [0.15, 0.2) is 0 Å². The Kier molecular flexibility index (Phi) is 4.93. The van der Waals surface area contributed by atoms with Gasteiger partial charge in [0.25, 0.3) is 0 Å². The average Bonchev–Trinajstić information content (AvgIpc) is 3.10. The molecule has 2 saturated carbocycles. The minimum Gasteiger partial charge on any atom is -0.427 e. The highest BCUT2D eigenvalue weighted by molar-refractivity contribution is 5.90. The summed E-state index contributed by atoms with van der Waals surface area (Å²) < 4.78 is 11.7. The van der Waals surface area contributed by atoms with E-state index in [1.54, 1.807) is 5.57 Å². The Labute approximate surface area is 180 Å². The second-order valence-electron chi connectivity index (χ2n) is 10.4. The maximum Gasteiger partial charge on any atom is 0.343 e. The number of methoxy groups -OCH3 is 1. The number of rotatable bonds is 3. The summed E-state index contributed by atoms with van der Waals surface area (Å²) in [5, 5.41) is 0. The van der Waals surface area contributed by atoms with Crippen molar-refractivity contribution in [2.45, 2.75) is 64.9 Å². The molecule has 0 spiro atoms. The normalized spacial score (nSPS) is 39.8. The van der Waals surface area contributed by atoms with Crippen LogP contribution in [0.5, 0.6) is 0 Å². The van der Waals surface area contributed by atoms with E-state index in [4.69, 9.17) is 9.47 Å². The van der Waals surface area contributed by atoms with Crippen LogP contribution in [0.4, 0.5) is 0 Å². The van der Waals surface area contributed by atoms with Crippen molar-refractivity contribution in [3.8, 4) is 0 Å². The lowest BCUT2D eigenvalue weighted by molar-refractivity contribution is -0.0459. The lowest BCUT2D eigenvalue weighted by Gasteiger charge is -2.57. The second kappa shape index (κ2) is 7.37. The third-order valence-corrected chi connectivity index (χ3v) is 9.11. The van der Waals surface area contributed by atoms with Gasteiger partial charge < -0.3 is 9.47 Å². The van der Waals surface area contributed by atoms with Crippen molar-refractivity contribution in [3.05, 3.63) is 59.4 Å². The Morgan fingerprint density at radius 3 is 2.50 bits per heavy atom. The van der Waals surface area contributed by atoms with Crippen molar-refractivity contribution in [2.75, 3.05) is 7.11 Å². The highest BCUT2D eigenvalue weighted by Crippen LogP contribution is 2.65. The number of esters is 1. The number of ether oxygens (including phenoxy) is 2. The number of carbonyl (C=O) groups excluding carboxylic acids is 1. The standard InChI is InChI=1S/C27H34O3/c1-26-15-13-20(29-3)17-19(26)9-10-21-22-11-12-24(27(22,2)16-14-23(21)26)30-25(28)18-7-5-4-6-8-18/h4-9,12,20-23H,10-11,13-17H2,1-3H3/t20-,21?,22?,23?,26-,27-/m0/s1. The van der Waals surface area contributed by atoms with Crippen LogP contribution in [0.1, 0.15) is 69.2 Å². The van der Waals surface area contributed by atoms with Gasteiger partial charge in [0.1, 0.15) is 5.76 Å². The Bertz CT molecular complexity index is 885. The molecule has 4 aliphatic rings. The predicted octanol–water partition coefficient (Wildman–Crippen LogP) is 6.32. The van der Waals surface area contributed by atoms with Gasteiger partial charge in [-0.1, -0.05) is 43.7 Å². The van der Waals surface area contributed by atoms with E-state index in [1.165, 1.54) is 25.7 Å². The van der Waals surface area contributed by atoms with Gasteiger partial charge in [-0.25, -0.2) is 4.79 Å². The van der Waals surface area contributed by atoms with E-state index >= 15 is 0 Å². The van der Waals surface area contributed by atoms with Crippen molar-refractivity contribution in [1.29, 1.82) is 0 Å². The molecule has 0 heterocycles. The lowest BCUT2D eigenvalue weighted by atomic mass is 9.48. The van der Waals surface area contributed by atoms with Crippen molar-refractivity contribution in [1.82, 2.24) is 0 Å². The second-order valence-corrected chi connectivity index (χ2v) is 10.4. The van der Waals surface area contributed by atoms with E-state index in [0.717, 1.165) is 30.9 Å². The van der Waals surface area contributed by atoms with Crippen molar-refractivity contribution in [2.24, 2.45) is 28.6 Å². The number of fused-ring (bicyclic) bond motifs is 5. The molecular formula is C27H34O3. The number of hydrogen-bond acceptors (Lipinski definition) is 3. The molecule has 0 aromatic heterocycles. The zero-order chi connectivity index (χ0) is 20.9. The van der Waals surface area contributed by atoms with Crippen molar-refractivity contribution in [3.63, 3.8) is 0 Å². The number of hydrogen-bond donors (Lipinski definition) is 0. The van der Waals surface area contributed by atoms with Gasteiger partial charge in [-0.2, -0.15) is 0 Å². The van der Waals surface area contributed by atoms with E-state index in [1.807, 2.05) is 37.4 Å². The first-order chi connectivity index (χ1) is 14.5. The molecule has 0 aliphatic heterocycles. The molecule has 30 heavy (non-hydrogen) atoms. The van der Waals surface area contributed by atoms with Crippen LogP contribution in [-0.4, -0.2) is 19.2 Å². The molecule has 1 aromatic rings. The van der Waals surface area contributed by atoms with E-state index in [0.29, 0.717) is 28.9 Å². The molecule has 3 nitrogen and oxygen atoms in total. The minimum atomic E-state index is -0.221. The van der Waals surface area contributed by atoms with E-state index in [9.17, 15) is 4.79 Å². The van der Waals surface area contributed by atoms with Crippen LogP contribution in [0.3, 0.4) is 0 Å². The van der Waals surface area contributed by atoms with Crippen LogP contribution in [0, 0.1) is 28.6 Å². The van der Waals surface area contributed by atoms with Crippen molar-refractivity contribution < 1.29 is 14.3 Å². The predicted molar refractivity (Wildman–Crippen MR) is 118 cm³/mol. The van der Waals surface area contributed by atoms with Crippen LogP contribution < -0.4 is 0 Å². The monoisotopic (exact) mass is 406 g/mol. The third kappa shape index (κ3) is 3.00. The number of carbonyl (C=O) groups is 1. The smallest absolute Gasteiger partial charge is 0.343 e. The van der Waals surface area contributed by atoms with Gasteiger partial charge in [-0.3, -0.25) is 0 Å². The molecule has 160 valence electrons. The average molecular weight is 407 g/mol. The molecule has 0 amide bonds. The summed E-state index contributed by atoms with van der Waals surface area (Å²) in [4.78, 5) is 12.7. The lowest BCUT2D eigenvalue weighted by Crippen LogP contribution is -2.50. The number of allylic oxidation sites excluding steroid dienone is 3. The van der Waals surface area contributed by atoms with Crippen LogP contribution in [0.2, 0.25) is 0 Å². The maximum atomic E-state index is 12.7. The zero-order valence-electron chi connectivity index (χ0n) is 18.5. The summed E-state index contributed by atoms with van der Waals surface area (Å²) in [7, 11) is 1.86. The van der Waals surface area contributed by atoms with Crippen LogP contribution in [0.25, 0.3) is 0 Å². The highest BCUT2D eigenvalue weighted by atomic mass is 16.5. The highest BCUT2D eigenvalue weighted by Gasteiger charge is 2.57. The molecule has 4 aliphatic carbocycles. The summed E-state index contributed by atoms with van der Waals surface area (Å²) in [6.07, 6.45) is 13.2. The minimum absolute atomic E-state index is 0.0168.